The van der Waals surface area contributed by atoms with Gasteiger partial charge in [0.15, 0.2) is 11.6 Å². The number of halogens is 4. The highest BCUT2D eigenvalue weighted by molar-refractivity contribution is 5.95. The van der Waals surface area contributed by atoms with Gasteiger partial charge in [0.25, 0.3) is 5.91 Å². The van der Waals surface area contributed by atoms with Crippen LogP contribution in [-0.2, 0) is 0 Å². The van der Waals surface area contributed by atoms with E-state index in [4.69, 9.17) is 0 Å². The number of carbonyl (C=O) groups excluding carboxylic acids is 1. The predicted molar refractivity (Wildman–Crippen MR) is 66.0 cm³/mol. The topological polar surface area (TPSA) is 54.0 Å². The molecule has 8 heteroatoms. The summed E-state index contributed by atoms with van der Waals surface area (Å²) in [5, 5.41) is 4.87. The molecular weight excluding hydrogens is 278 g/mol. The van der Waals surface area contributed by atoms with E-state index < -0.39 is 24.3 Å². The van der Waals surface area contributed by atoms with Crippen molar-refractivity contribution in [3.63, 3.8) is 0 Å². The Bertz CT molecular complexity index is 463. The Balaban J connectivity index is 2.44. The molecular formula is C12H15F4N3O. The molecule has 0 fully saturated rings. The Morgan fingerprint density at radius 1 is 1.35 bits per heavy atom. The van der Waals surface area contributed by atoms with Crippen LogP contribution in [0.2, 0.25) is 0 Å². The van der Waals surface area contributed by atoms with Gasteiger partial charge in [-0.05, 0) is 18.9 Å². The van der Waals surface area contributed by atoms with Gasteiger partial charge in [-0.25, -0.2) is 9.37 Å². The minimum absolute atomic E-state index is 0.0604. The van der Waals surface area contributed by atoms with E-state index in [9.17, 15) is 22.4 Å². The number of pyridine rings is 1. The van der Waals surface area contributed by atoms with Gasteiger partial charge in [0, 0.05) is 26.2 Å². The Morgan fingerprint density at radius 2 is 2.05 bits per heavy atom. The van der Waals surface area contributed by atoms with E-state index in [0.29, 0.717) is 0 Å². The van der Waals surface area contributed by atoms with Crippen molar-refractivity contribution in [1.82, 2.24) is 10.3 Å². The van der Waals surface area contributed by atoms with Gasteiger partial charge in [-0.1, -0.05) is 0 Å². The highest BCUT2D eigenvalue weighted by Gasteiger charge is 2.25. The van der Waals surface area contributed by atoms with E-state index in [1.54, 1.807) is 0 Å². The third kappa shape index (κ3) is 5.02. The van der Waals surface area contributed by atoms with Crippen LogP contribution in [0.15, 0.2) is 12.3 Å². The van der Waals surface area contributed by atoms with Crippen LogP contribution in [0.1, 0.15) is 29.6 Å². The summed E-state index contributed by atoms with van der Waals surface area (Å²) in [7, 11) is 1.46. The lowest BCUT2D eigenvalue weighted by Gasteiger charge is -2.09. The van der Waals surface area contributed by atoms with Gasteiger partial charge in [0.1, 0.15) is 0 Å². The van der Waals surface area contributed by atoms with E-state index in [1.165, 1.54) is 19.3 Å². The van der Waals surface area contributed by atoms with Gasteiger partial charge in [-0.15, -0.1) is 0 Å². The number of hydrogen-bond donors (Lipinski definition) is 2. The number of amides is 1. The Morgan fingerprint density at radius 3 is 2.65 bits per heavy atom. The van der Waals surface area contributed by atoms with Crippen molar-refractivity contribution >= 4 is 11.7 Å². The monoisotopic (exact) mass is 293 g/mol. The molecule has 1 aromatic heterocycles. The molecule has 1 heterocycles. The van der Waals surface area contributed by atoms with Gasteiger partial charge >= 0.3 is 6.18 Å². The quantitative estimate of drug-likeness (QED) is 0.626. The molecule has 1 aromatic rings. The van der Waals surface area contributed by atoms with E-state index in [0.717, 1.165) is 0 Å². The maximum absolute atomic E-state index is 13.7. The van der Waals surface area contributed by atoms with Crippen molar-refractivity contribution < 1.29 is 22.4 Å². The molecule has 0 bridgehead atoms. The Labute approximate surface area is 113 Å². The van der Waals surface area contributed by atoms with Crippen molar-refractivity contribution in [2.45, 2.75) is 25.4 Å². The number of carbonyl (C=O) groups is 1. The molecule has 0 radical (unpaired) electrons. The zero-order valence-electron chi connectivity index (χ0n) is 10.9. The molecule has 1 rings (SSSR count). The summed E-state index contributed by atoms with van der Waals surface area (Å²) in [6, 6.07) is 1.21. The molecule has 0 saturated heterocycles. The first-order valence-corrected chi connectivity index (χ1v) is 6.02. The van der Waals surface area contributed by atoms with Crippen LogP contribution < -0.4 is 10.6 Å². The maximum atomic E-state index is 13.7. The molecule has 2 N–H and O–H groups in total. The summed E-state index contributed by atoms with van der Waals surface area (Å²) in [6.45, 7) is 0.0611. The smallest absolute Gasteiger partial charge is 0.371 e. The average Bonchev–Trinajstić information content (AvgIpc) is 2.37. The number of aromatic nitrogens is 1. The van der Waals surface area contributed by atoms with Crippen LogP contribution >= 0.6 is 0 Å². The van der Waals surface area contributed by atoms with E-state index in [-0.39, 0.29) is 30.8 Å². The maximum Gasteiger partial charge on any atom is 0.389 e. The largest absolute Gasteiger partial charge is 0.389 e. The van der Waals surface area contributed by atoms with Crippen LogP contribution in [-0.4, -0.2) is 30.7 Å². The molecule has 0 aliphatic heterocycles. The van der Waals surface area contributed by atoms with Crippen molar-refractivity contribution in [3.05, 3.63) is 23.6 Å². The Kier molecular flexibility index (Phi) is 5.72. The van der Waals surface area contributed by atoms with E-state index >= 15 is 0 Å². The summed E-state index contributed by atoms with van der Waals surface area (Å²) < 4.78 is 49.4. The second-order valence-electron chi connectivity index (χ2n) is 4.10. The van der Waals surface area contributed by atoms with E-state index in [1.807, 2.05) is 0 Å². The van der Waals surface area contributed by atoms with Crippen molar-refractivity contribution in [2.24, 2.45) is 0 Å². The van der Waals surface area contributed by atoms with Gasteiger partial charge in [-0.3, -0.25) is 4.79 Å². The van der Waals surface area contributed by atoms with Crippen LogP contribution in [0, 0.1) is 5.82 Å². The SMILES string of the molecule is CNc1nccc(C(=O)NCCCCC(F)(F)F)c1F. The lowest BCUT2D eigenvalue weighted by Crippen LogP contribution is -2.26. The zero-order valence-corrected chi connectivity index (χ0v) is 10.9. The minimum atomic E-state index is -4.19. The molecule has 4 nitrogen and oxygen atoms in total. The fraction of sp³-hybridized carbons (Fsp3) is 0.500. The minimum Gasteiger partial charge on any atom is -0.371 e. The second-order valence-corrected chi connectivity index (χ2v) is 4.10. The molecule has 0 saturated carbocycles. The molecule has 0 unspecified atom stereocenters. The van der Waals surface area contributed by atoms with Gasteiger partial charge < -0.3 is 10.6 Å². The normalized spacial score (nSPS) is 11.2. The summed E-state index contributed by atoms with van der Waals surface area (Å²) in [6.07, 6.45) is -3.71. The fourth-order valence-electron chi connectivity index (χ4n) is 1.54. The number of alkyl halides is 3. The molecule has 0 aliphatic rings. The highest BCUT2D eigenvalue weighted by atomic mass is 19.4. The number of rotatable bonds is 6. The van der Waals surface area contributed by atoms with Gasteiger partial charge in [0.2, 0.25) is 0 Å². The first kappa shape index (κ1) is 16.2. The van der Waals surface area contributed by atoms with Crippen LogP contribution in [0.5, 0.6) is 0 Å². The first-order valence-electron chi connectivity index (χ1n) is 6.02. The lowest BCUT2D eigenvalue weighted by atomic mass is 10.2. The number of nitrogens with zero attached hydrogens (tertiary/aromatic N) is 1. The van der Waals surface area contributed by atoms with Crippen molar-refractivity contribution in [3.8, 4) is 0 Å². The number of anilines is 1. The van der Waals surface area contributed by atoms with Crippen LogP contribution in [0.25, 0.3) is 0 Å². The zero-order chi connectivity index (χ0) is 15.2. The molecule has 20 heavy (non-hydrogen) atoms. The molecule has 0 atom stereocenters. The summed E-state index contributed by atoms with van der Waals surface area (Å²) in [4.78, 5) is 15.4. The standard InChI is InChI=1S/C12H15F4N3O/c1-17-10-9(13)8(4-7-18-10)11(20)19-6-3-2-5-12(14,15)16/h4,7H,2-3,5-6H2,1H3,(H,17,18)(H,19,20). The molecule has 1 amide bonds. The van der Waals surface area contributed by atoms with Crippen molar-refractivity contribution in [1.29, 1.82) is 0 Å². The first-order chi connectivity index (χ1) is 9.35. The summed E-state index contributed by atoms with van der Waals surface area (Å²) >= 11 is 0. The highest BCUT2D eigenvalue weighted by Crippen LogP contribution is 2.21. The van der Waals surface area contributed by atoms with Crippen LogP contribution in [0.3, 0.4) is 0 Å². The molecule has 112 valence electrons. The van der Waals surface area contributed by atoms with Gasteiger partial charge in [-0.2, -0.15) is 13.2 Å². The third-order valence-electron chi connectivity index (χ3n) is 2.54. The molecule has 0 aliphatic carbocycles. The number of unbranched alkanes of at least 4 members (excludes halogenated alkanes) is 1. The predicted octanol–water partition coefficient (Wildman–Crippen LogP) is 2.72. The van der Waals surface area contributed by atoms with Crippen LogP contribution in [0.4, 0.5) is 23.4 Å². The van der Waals surface area contributed by atoms with Gasteiger partial charge in [0.05, 0.1) is 5.56 Å². The molecule has 0 spiro atoms. The summed E-state index contributed by atoms with van der Waals surface area (Å²) in [5.74, 6) is -1.52. The van der Waals surface area contributed by atoms with E-state index in [2.05, 4.69) is 15.6 Å². The fourth-order valence-corrected chi connectivity index (χ4v) is 1.54. The Hall–Kier alpha value is -1.86. The lowest BCUT2D eigenvalue weighted by molar-refractivity contribution is -0.135. The van der Waals surface area contributed by atoms with Crippen molar-refractivity contribution in [2.75, 3.05) is 18.9 Å². The third-order valence-corrected chi connectivity index (χ3v) is 2.54. The summed E-state index contributed by atoms with van der Waals surface area (Å²) in [5.41, 5.74) is -0.194. The molecule has 0 aromatic carbocycles. The number of hydrogen-bond acceptors (Lipinski definition) is 3. The number of nitrogens with one attached hydrogen (secondary N) is 2. The average molecular weight is 293 g/mol. The second kappa shape index (κ2) is 7.06.